The molecule has 2 atom stereocenters. The van der Waals surface area contributed by atoms with Crippen LogP contribution in [-0.2, 0) is 16.0 Å². The Balaban J connectivity index is 2.66. The van der Waals surface area contributed by atoms with Crippen molar-refractivity contribution in [3.63, 3.8) is 0 Å². The summed E-state index contributed by atoms with van der Waals surface area (Å²) in [6.07, 6.45) is 0.681. The summed E-state index contributed by atoms with van der Waals surface area (Å²) >= 11 is 0. The number of rotatable bonds is 7. The van der Waals surface area contributed by atoms with Crippen molar-refractivity contribution in [3.8, 4) is 0 Å². The minimum atomic E-state index is -0.174. The highest BCUT2D eigenvalue weighted by Gasteiger charge is 2.24. The first-order chi connectivity index (χ1) is 9.10. The molecule has 4 heteroatoms. The van der Waals surface area contributed by atoms with E-state index < -0.39 is 0 Å². The van der Waals surface area contributed by atoms with Gasteiger partial charge in [-0.05, 0) is 18.9 Å². The van der Waals surface area contributed by atoms with Gasteiger partial charge >= 0.3 is 0 Å². The van der Waals surface area contributed by atoms with Crippen LogP contribution in [0.25, 0.3) is 0 Å². The number of ether oxygens (including phenoxy) is 1. The fraction of sp³-hybridized carbons (Fsp3) is 0.533. The molecule has 0 aliphatic carbocycles. The van der Waals surface area contributed by atoms with Gasteiger partial charge in [0.25, 0.3) is 0 Å². The second-order valence-corrected chi connectivity index (χ2v) is 4.88. The molecule has 0 saturated heterocycles. The zero-order chi connectivity index (χ0) is 14.3. The maximum absolute atomic E-state index is 12.4. The Labute approximate surface area is 115 Å². The van der Waals surface area contributed by atoms with Crippen molar-refractivity contribution in [2.24, 2.45) is 11.7 Å². The Kier molecular flexibility index (Phi) is 6.53. The Bertz CT molecular complexity index is 381. The third kappa shape index (κ3) is 4.65. The molecule has 0 spiro atoms. The van der Waals surface area contributed by atoms with Gasteiger partial charge in [0, 0.05) is 20.7 Å². The second-order valence-electron chi connectivity index (χ2n) is 4.88. The smallest absolute Gasteiger partial charge is 0.227 e. The summed E-state index contributed by atoms with van der Waals surface area (Å²) in [5, 5.41) is 0. The lowest BCUT2D eigenvalue weighted by molar-refractivity contribution is -0.136. The molecule has 2 N–H and O–H groups in total. The van der Waals surface area contributed by atoms with Crippen LogP contribution >= 0.6 is 0 Å². The second kappa shape index (κ2) is 7.92. The average molecular weight is 264 g/mol. The molecule has 1 aromatic rings. The minimum absolute atomic E-state index is 0.0577. The van der Waals surface area contributed by atoms with Crippen LogP contribution in [-0.4, -0.2) is 44.2 Å². The van der Waals surface area contributed by atoms with E-state index in [1.54, 1.807) is 19.1 Å². The molecule has 19 heavy (non-hydrogen) atoms. The van der Waals surface area contributed by atoms with E-state index in [0.29, 0.717) is 19.6 Å². The van der Waals surface area contributed by atoms with Crippen LogP contribution < -0.4 is 5.73 Å². The first kappa shape index (κ1) is 15.7. The van der Waals surface area contributed by atoms with Gasteiger partial charge in [-0.1, -0.05) is 30.3 Å². The molecule has 0 aliphatic heterocycles. The lowest BCUT2D eigenvalue weighted by Crippen LogP contribution is -2.44. The van der Waals surface area contributed by atoms with Gasteiger partial charge in [-0.15, -0.1) is 0 Å². The topological polar surface area (TPSA) is 55.6 Å². The molecular weight excluding hydrogens is 240 g/mol. The number of nitrogens with zero attached hydrogens (tertiary/aromatic N) is 1. The van der Waals surface area contributed by atoms with Crippen LogP contribution in [0.5, 0.6) is 0 Å². The molecule has 106 valence electrons. The van der Waals surface area contributed by atoms with Gasteiger partial charge in [0.2, 0.25) is 5.91 Å². The monoisotopic (exact) mass is 264 g/mol. The zero-order valence-electron chi connectivity index (χ0n) is 12.0. The third-order valence-corrected chi connectivity index (χ3v) is 3.38. The minimum Gasteiger partial charge on any atom is -0.383 e. The molecule has 2 unspecified atom stereocenters. The third-order valence-electron chi connectivity index (χ3n) is 3.38. The van der Waals surface area contributed by atoms with E-state index in [1.807, 2.05) is 37.3 Å². The summed E-state index contributed by atoms with van der Waals surface area (Å²) in [5.41, 5.74) is 6.89. The number of hydrogen-bond donors (Lipinski definition) is 1. The summed E-state index contributed by atoms with van der Waals surface area (Å²) in [4.78, 5) is 14.1. The van der Waals surface area contributed by atoms with E-state index in [4.69, 9.17) is 10.5 Å². The predicted molar refractivity (Wildman–Crippen MR) is 76.8 cm³/mol. The fourth-order valence-electron chi connectivity index (χ4n) is 2.03. The van der Waals surface area contributed by atoms with E-state index in [0.717, 1.165) is 5.56 Å². The highest BCUT2D eigenvalue weighted by Crippen LogP contribution is 2.12. The first-order valence-corrected chi connectivity index (χ1v) is 6.59. The number of carbonyl (C=O) groups excluding carboxylic acids is 1. The van der Waals surface area contributed by atoms with Crippen molar-refractivity contribution >= 4 is 5.91 Å². The molecule has 0 fully saturated rings. The Morgan fingerprint density at radius 1 is 1.37 bits per heavy atom. The standard InChI is InChI=1S/C15H24N2O2/c1-12(11-19-3)17(2)15(18)14(10-16)9-13-7-5-4-6-8-13/h4-8,12,14H,9-11,16H2,1-3H3. The molecule has 0 heterocycles. The normalized spacial score (nSPS) is 13.9. The number of hydrogen-bond acceptors (Lipinski definition) is 3. The van der Waals surface area contributed by atoms with Crippen LogP contribution in [0.2, 0.25) is 0 Å². The molecule has 4 nitrogen and oxygen atoms in total. The summed E-state index contributed by atoms with van der Waals surface area (Å²) in [6, 6.07) is 10.0. The molecule has 1 amide bonds. The number of likely N-dealkylation sites (N-methyl/N-ethyl adjacent to an activating group) is 1. The fourth-order valence-corrected chi connectivity index (χ4v) is 2.03. The van der Waals surface area contributed by atoms with Gasteiger partial charge < -0.3 is 15.4 Å². The number of methoxy groups -OCH3 is 1. The van der Waals surface area contributed by atoms with Crippen molar-refractivity contribution in [3.05, 3.63) is 35.9 Å². The van der Waals surface area contributed by atoms with Crippen LogP contribution in [0, 0.1) is 5.92 Å². The van der Waals surface area contributed by atoms with Crippen molar-refractivity contribution in [1.29, 1.82) is 0 Å². The van der Waals surface area contributed by atoms with Crippen molar-refractivity contribution < 1.29 is 9.53 Å². The van der Waals surface area contributed by atoms with E-state index >= 15 is 0 Å². The number of carbonyl (C=O) groups is 1. The number of benzene rings is 1. The first-order valence-electron chi connectivity index (χ1n) is 6.59. The SMILES string of the molecule is COCC(C)N(C)C(=O)C(CN)Cc1ccccc1. The van der Waals surface area contributed by atoms with Gasteiger partial charge in [-0.3, -0.25) is 4.79 Å². The molecule has 0 aromatic heterocycles. The molecule has 1 aromatic carbocycles. The maximum Gasteiger partial charge on any atom is 0.227 e. The summed E-state index contributed by atoms with van der Waals surface area (Å²) < 4.78 is 5.08. The van der Waals surface area contributed by atoms with Gasteiger partial charge in [0.15, 0.2) is 0 Å². The zero-order valence-corrected chi connectivity index (χ0v) is 12.0. The molecule has 0 aliphatic rings. The van der Waals surface area contributed by atoms with E-state index in [2.05, 4.69) is 0 Å². The average Bonchev–Trinajstić information content (AvgIpc) is 2.44. The maximum atomic E-state index is 12.4. The van der Waals surface area contributed by atoms with Crippen molar-refractivity contribution in [2.45, 2.75) is 19.4 Å². The van der Waals surface area contributed by atoms with Gasteiger partial charge in [0.05, 0.1) is 18.6 Å². The molecule has 0 bridgehead atoms. The highest BCUT2D eigenvalue weighted by molar-refractivity contribution is 5.79. The van der Waals surface area contributed by atoms with Gasteiger partial charge in [-0.25, -0.2) is 0 Å². The summed E-state index contributed by atoms with van der Waals surface area (Å²) in [6.45, 7) is 2.86. The number of amides is 1. The highest BCUT2D eigenvalue weighted by atomic mass is 16.5. The Hall–Kier alpha value is -1.39. The summed E-state index contributed by atoms with van der Waals surface area (Å²) in [5.74, 6) is -0.0948. The lowest BCUT2D eigenvalue weighted by atomic mass is 9.97. The summed E-state index contributed by atoms with van der Waals surface area (Å²) in [7, 11) is 3.44. The van der Waals surface area contributed by atoms with Crippen LogP contribution in [0.4, 0.5) is 0 Å². The lowest BCUT2D eigenvalue weighted by Gasteiger charge is -2.28. The molecule has 0 radical (unpaired) electrons. The van der Waals surface area contributed by atoms with Crippen molar-refractivity contribution in [2.75, 3.05) is 27.3 Å². The van der Waals surface area contributed by atoms with E-state index in [-0.39, 0.29) is 17.9 Å². The quantitative estimate of drug-likeness (QED) is 0.807. The Morgan fingerprint density at radius 3 is 2.53 bits per heavy atom. The largest absolute Gasteiger partial charge is 0.383 e. The van der Waals surface area contributed by atoms with Crippen LogP contribution in [0.3, 0.4) is 0 Å². The molecule has 1 rings (SSSR count). The van der Waals surface area contributed by atoms with Crippen LogP contribution in [0.15, 0.2) is 30.3 Å². The van der Waals surface area contributed by atoms with E-state index in [1.165, 1.54) is 0 Å². The van der Waals surface area contributed by atoms with Crippen molar-refractivity contribution in [1.82, 2.24) is 4.90 Å². The Morgan fingerprint density at radius 2 is 2.00 bits per heavy atom. The van der Waals surface area contributed by atoms with Gasteiger partial charge in [-0.2, -0.15) is 0 Å². The van der Waals surface area contributed by atoms with Crippen LogP contribution in [0.1, 0.15) is 12.5 Å². The van der Waals surface area contributed by atoms with Gasteiger partial charge in [0.1, 0.15) is 0 Å². The molecular formula is C15H24N2O2. The number of nitrogens with two attached hydrogens (primary N) is 1. The predicted octanol–water partition coefficient (Wildman–Crippen LogP) is 1.30. The molecule has 0 saturated carbocycles. The van der Waals surface area contributed by atoms with E-state index in [9.17, 15) is 4.79 Å².